The monoisotopic (exact) mass is 1910 g/mol. The van der Waals surface area contributed by atoms with Gasteiger partial charge in [0.25, 0.3) is 0 Å². The highest BCUT2D eigenvalue weighted by molar-refractivity contribution is 7.16. The molecule has 0 radical (unpaired) electrons. The summed E-state index contributed by atoms with van der Waals surface area (Å²) < 4.78 is 31.9. The highest BCUT2D eigenvalue weighted by Crippen LogP contribution is 2.47. The zero-order chi connectivity index (χ0) is 96.0. The van der Waals surface area contributed by atoms with Crippen molar-refractivity contribution < 1.29 is 28.0 Å². The van der Waals surface area contributed by atoms with E-state index in [2.05, 4.69) is 121 Å². The number of hydrogen-bond donors (Lipinski definition) is 6. The molecule has 138 heavy (non-hydrogen) atoms. The highest BCUT2D eigenvalue weighted by atomic mass is 32.1. The molecule has 4 amide bonds. The van der Waals surface area contributed by atoms with Crippen LogP contribution < -0.4 is 31.9 Å². The zero-order valence-corrected chi connectivity index (χ0v) is 79.5. The van der Waals surface area contributed by atoms with Crippen molar-refractivity contribution in [1.29, 1.82) is 16.2 Å². The fourth-order valence-electron chi connectivity index (χ4n) is 19.6. The first kappa shape index (κ1) is 92.7. The molecule has 0 bridgehead atoms. The quantitative estimate of drug-likeness (QED) is 0.0256. The molecule has 9 aliphatic rings. The first-order chi connectivity index (χ1) is 66.6. The second kappa shape index (κ2) is 38.7. The molecule has 0 aliphatic carbocycles. The summed E-state index contributed by atoms with van der Waals surface area (Å²) in [6.45, 7) is 22.8. The van der Waals surface area contributed by atoms with E-state index in [1.54, 1.807) is 126 Å². The Morgan fingerprint density at radius 3 is 1.27 bits per heavy atom. The van der Waals surface area contributed by atoms with Gasteiger partial charge < -0.3 is 36.8 Å². The predicted molar refractivity (Wildman–Crippen MR) is 529 cm³/mol. The van der Waals surface area contributed by atoms with Crippen LogP contribution in [0, 0.1) is 51.0 Å². The van der Waals surface area contributed by atoms with Crippen molar-refractivity contribution in [2.45, 2.75) is 64.7 Å². The molecule has 10 aromatic heterocycles. The van der Waals surface area contributed by atoms with E-state index in [0.29, 0.717) is 158 Å². The van der Waals surface area contributed by atoms with Crippen molar-refractivity contribution in [3.63, 3.8) is 0 Å². The number of carbonyl (C=O) groups excluding carboxylic acids is 4. The summed E-state index contributed by atoms with van der Waals surface area (Å²) in [5, 5.41) is 42.0. The summed E-state index contributed by atoms with van der Waals surface area (Å²) in [6.07, 6.45) is 26.8. The number of aryl methyl sites for hydroxylation is 4. The lowest BCUT2D eigenvalue weighted by atomic mass is 9.85. The smallest absolute Gasteiger partial charge is 0.237 e. The number of thiazole rings is 3. The number of halogens is 2. The highest BCUT2D eigenvalue weighted by Gasteiger charge is 2.55. The average Bonchev–Trinajstić information content (AvgIpc) is 1.61. The van der Waals surface area contributed by atoms with E-state index in [-0.39, 0.29) is 58.8 Å². The Bertz CT molecular complexity index is 6230. The zero-order valence-electron chi connectivity index (χ0n) is 77.0. The lowest BCUT2D eigenvalue weighted by Gasteiger charge is -2.32. The second-order valence-electron chi connectivity index (χ2n) is 36.6. The van der Waals surface area contributed by atoms with Crippen molar-refractivity contribution in [2.24, 2.45) is 37.4 Å². The van der Waals surface area contributed by atoms with Crippen molar-refractivity contribution in [1.82, 2.24) is 109 Å². The summed E-state index contributed by atoms with van der Waals surface area (Å²) in [7, 11) is 5.55. The number of amides is 4. The minimum Gasteiger partial charge on any atom is -0.398 e. The lowest BCUT2D eigenvalue weighted by Crippen LogP contribution is -2.43. The van der Waals surface area contributed by atoms with Crippen molar-refractivity contribution in [2.75, 3.05) is 150 Å². The van der Waals surface area contributed by atoms with Gasteiger partial charge in [-0.05, 0) is 192 Å². The van der Waals surface area contributed by atoms with Crippen LogP contribution in [0.5, 0.6) is 0 Å². The maximum absolute atomic E-state index is 13.9. The van der Waals surface area contributed by atoms with Crippen LogP contribution in [-0.4, -0.2) is 267 Å². The molecule has 708 valence electrons. The summed E-state index contributed by atoms with van der Waals surface area (Å²) in [5.41, 5.74) is 28.4. The molecule has 3 spiro atoms. The Hall–Kier alpha value is -14.3. The van der Waals surface area contributed by atoms with Gasteiger partial charge >= 0.3 is 0 Å². The van der Waals surface area contributed by atoms with Crippen LogP contribution in [0.25, 0.3) is 48.8 Å². The van der Waals surface area contributed by atoms with Gasteiger partial charge in [0.2, 0.25) is 23.6 Å². The molecule has 12 aromatic rings. The Labute approximate surface area is 807 Å². The van der Waals surface area contributed by atoms with E-state index >= 15 is 0 Å². The fourth-order valence-corrected chi connectivity index (χ4v) is 22.4. The molecule has 2 aromatic carbocycles. The standard InChI is InChI=1S/2C33H35FN10OS.C32H35N11O2S/c1-21(43-11-7-22(8-12-43)31-38-17-28(46-31)30-39-20-41(2)40-30)18-42-13-9-33(19-42)10-14-44(32(33)45)24-4-5-26(35)25(15-24)29(36)27-6-3-23(34)16-37-27;1-21(43-13-9-23(10-14-43)31-37-17-26(46-31)30-38-20-41(2)40-30)18-42-15-11-33(19-42)12-16-44(32(33)45)27-8-7-25(35)29(39-27)28(36)22-3-5-24(34)6-4-22;1-20-3-4-22(15-35-20)27(34)28-23(33)5-6-25(38-28)43-14-10-32(31(43)45)9-13-41(18-32)17-26(44)42-11-7-21(8-12-42)30-36-16-24(46-30)29-37-19-40(2)39-29/h3-7,15-17,20,36H,1,8-14,18-19,35H2,2H3;3-9,17,20,36H,1,10-16,18-19,35H2,2H3;3-7,15-16,19,34H,8-14,17-18,33H2,1-2H3/t2*33-;32-/m000/s1. The number of benzene rings is 2. The number of hydrogen-bond acceptors (Lipinski definition) is 31. The van der Waals surface area contributed by atoms with Gasteiger partial charge in [0, 0.05) is 183 Å². The summed E-state index contributed by atoms with van der Waals surface area (Å²) in [5.74, 6) is 2.44. The van der Waals surface area contributed by atoms with E-state index in [9.17, 15) is 28.0 Å². The molecule has 9 N–H and O–H groups in total. The topological polar surface area (TPSA) is 429 Å². The first-order valence-corrected chi connectivity index (χ1v) is 48.3. The fraction of sp³-hybridized carbons (Fsp3) is 0.347. The number of rotatable bonds is 23. The molecular weight excluding hydrogens is 1810 g/mol. The number of pyridine rings is 4. The maximum atomic E-state index is 13.9. The van der Waals surface area contributed by atoms with Crippen LogP contribution in [-0.2, 0) is 40.3 Å². The van der Waals surface area contributed by atoms with E-state index < -0.39 is 22.1 Å². The van der Waals surface area contributed by atoms with Gasteiger partial charge in [-0.25, -0.2) is 48.7 Å². The van der Waals surface area contributed by atoms with E-state index in [1.165, 1.54) is 47.5 Å². The number of nitrogen functional groups attached to an aromatic ring is 3. The molecule has 6 saturated heterocycles. The predicted octanol–water partition coefficient (Wildman–Crippen LogP) is 11.2. The molecule has 3 atom stereocenters. The molecule has 6 fully saturated rings. The Balaban J connectivity index is 0.000000132. The van der Waals surface area contributed by atoms with Crippen molar-refractivity contribution >= 4 is 126 Å². The van der Waals surface area contributed by atoms with Gasteiger partial charge in [0.05, 0.1) is 77.8 Å². The first-order valence-electron chi connectivity index (χ1n) is 45.9. The van der Waals surface area contributed by atoms with Crippen LogP contribution >= 0.6 is 34.0 Å². The second-order valence-corrected chi connectivity index (χ2v) is 39.7. The normalized spacial score (nSPS) is 20.1. The number of likely N-dealkylation sites (tertiary alicyclic amines) is 3. The molecule has 9 aliphatic heterocycles. The summed E-state index contributed by atoms with van der Waals surface area (Å²) >= 11 is 4.80. The summed E-state index contributed by atoms with van der Waals surface area (Å²) in [6, 6.07) is 24.2. The third kappa shape index (κ3) is 19.2. The Kier molecular flexibility index (Phi) is 26.0. The molecule has 21 rings (SSSR count). The van der Waals surface area contributed by atoms with E-state index in [1.807, 2.05) is 68.5 Å². The van der Waals surface area contributed by atoms with E-state index in [4.69, 9.17) is 33.4 Å². The number of aromatic nitrogens is 16. The van der Waals surface area contributed by atoms with Gasteiger partial charge in [-0.2, -0.15) is 15.3 Å². The number of nitrogens with two attached hydrogens (primary N) is 3. The molecule has 40 heteroatoms. The van der Waals surface area contributed by atoms with Gasteiger partial charge in [-0.15, -0.1) is 34.0 Å². The maximum Gasteiger partial charge on any atom is 0.237 e. The minimum absolute atomic E-state index is 0.0171. The number of nitrogens with one attached hydrogen (secondary N) is 3. The van der Waals surface area contributed by atoms with Crippen LogP contribution in [0.15, 0.2) is 184 Å². The van der Waals surface area contributed by atoms with Crippen LogP contribution in [0.4, 0.5) is 43.2 Å². The minimum atomic E-state index is -0.544. The van der Waals surface area contributed by atoms with Gasteiger partial charge in [-0.1, -0.05) is 31.4 Å². The Morgan fingerprint density at radius 2 is 0.848 bits per heavy atom. The molecular formula is C98H105F2N31O4S3. The van der Waals surface area contributed by atoms with E-state index in [0.717, 1.165) is 149 Å². The number of nitrogens with zero attached hydrogens (tertiary/aromatic N) is 25. The molecule has 0 saturated carbocycles. The largest absolute Gasteiger partial charge is 0.398 e. The van der Waals surface area contributed by atoms with Gasteiger partial charge in [-0.3, -0.25) is 83.9 Å². The molecule has 19 heterocycles. The Morgan fingerprint density at radius 1 is 0.435 bits per heavy atom. The van der Waals surface area contributed by atoms with Gasteiger partial charge in [0.1, 0.15) is 68.7 Å². The lowest BCUT2D eigenvalue weighted by molar-refractivity contribution is -0.132. The molecule has 0 unspecified atom stereocenters. The number of anilines is 6. The third-order valence-electron chi connectivity index (χ3n) is 27.5. The molecule has 35 nitrogen and oxygen atoms in total. The van der Waals surface area contributed by atoms with Crippen LogP contribution in [0.3, 0.4) is 0 Å². The van der Waals surface area contributed by atoms with Crippen LogP contribution in [0.2, 0.25) is 0 Å². The number of carbonyl (C=O) groups is 4. The average molecular weight is 1920 g/mol. The SMILES string of the molecule is C=C(CN1CC[C@]2(CCN(c3ccc(N)c(C(=N)c4ccc(F)cc4)n3)C2=O)C1)N1CC=C(c2ncc(-c3ncn(C)n3)s2)CC1.C=C(CN1CC[C@]2(CCN(c3ccc(N)c(C(=N)c4ccc(F)cn4)c3)C2=O)C1)N1CC=C(c2ncc(-c3ncn(C)n3)s2)CC1.Cc1ccc(C(=N)c2nc(N3CC[C@]4(CCN(CC(=O)N5CC=C(c6ncc(-c7ncn(C)n7)s6)CC5)C4)C3=O)ccc2N)cn1. The van der Waals surface area contributed by atoms with Crippen molar-refractivity contribution in [3.8, 4) is 32.1 Å². The third-order valence-corrected chi connectivity index (χ3v) is 30.7. The van der Waals surface area contributed by atoms with Gasteiger partial charge in [0.15, 0.2) is 17.5 Å². The summed E-state index contributed by atoms with van der Waals surface area (Å²) in [4.78, 5) is 121. The van der Waals surface area contributed by atoms with Crippen LogP contribution in [0.1, 0.15) is 112 Å². The van der Waals surface area contributed by atoms with Crippen molar-refractivity contribution in [3.05, 3.63) is 250 Å².